The van der Waals surface area contributed by atoms with Crippen LogP contribution in [-0.4, -0.2) is 44.7 Å². The van der Waals surface area contributed by atoms with Gasteiger partial charge >= 0.3 is 5.97 Å². The molecule has 0 radical (unpaired) electrons. The van der Waals surface area contributed by atoms with E-state index in [2.05, 4.69) is 15.5 Å². The third kappa shape index (κ3) is 4.13. The number of nitrogens with zero attached hydrogens (tertiary/aromatic N) is 4. The van der Waals surface area contributed by atoms with Crippen molar-refractivity contribution >= 4 is 17.6 Å². The molecule has 0 aliphatic carbocycles. The number of carbonyl (C=O) groups excluding carboxylic acids is 2. The Morgan fingerprint density at radius 2 is 1.83 bits per heavy atom. The molecule has 29 heavy (non-hydrogen) atoms. The van der Waals surface area contributed by atoms with E-state index in [0.717, 1.165) is 11.4 Å². The second-order valence-electron chi connectivity index (χ2n) is 6.53. The maximum absolute atomic E-state index is 12.6. The number of rotatable bonds is 6. The van der Waals surface area contributed by atoms with Gasteiger partial charge in [0.2, 0.25) is 5.69 Å². The largest absolute Gasteiger partial charge is 0.493 e. The first-order valence-electron chi connectivity index (χ1n) is 9.03. The molecule has 3 aromatic rings. The molecule has 9 nitrogen and oxygen atoms in total. The molecule has 1 aromatic carbocycles. The second kappa shape index (κ2) is 8.17. The number of aryl methyl sites for hydroxylation is 2. The lowest BCUT2D eigenvalue weighted by molar-refractivity contribution is -0.123. The van der Waals surface area contributed by atoms with Gasteiger partial charge < -0.3 is 14.8 Å². The van der Waals surface area contributed by atoms with Crippen LogP contribution < -0.4 is 10.1 Å². The number of hydrogen-bond donors (Lipinski definition) is 1. The van der Waals surface area contributed by atoms with Gasteiger partial charge in [0.1, 0.15) is 0 Å². The van der Waals surface area contributed by atoms with Gasteiger partial charge in [0, 0.05) is 7.05 Å². The van der Waals surface area contributed by atoms with Crippen molar-refractivity contribution in [3.05, 3.63) is 53.6 Å². The Balaban J connectivity index is 1.74. The number of para-hydroxylation sites is 1. The van der Waals surface area contributed by atoms with E-state index in [1.165, 1.54) is 18.7 Å². The van der Waals surface area contributed by atoms with Crippen LogP contribution in [0.15, 0.2) is 36.5 Å². The van der Waals surface area contributed by atoms with E-state index in [9.17, 15) is 9.59 Å². The van der Waals surface area contributed by atoms with E-state index in [0.29, 0.717) is 11.4 Å². The summed E-state index contributed by atoms with van der Waals surface area (Å²) >= 11 is 0. The quantitative estimate of drug-likeness (QED) is 0.641. The summed E-state index contributed by atoms with van der Waals surface area (Å²) in [5.74, 6) is -0.955. The number of esters is 1. The molecular formula is C20H23N5O4. The number of anilines is 1. The van der Waals surface area contributed by atoms with Crippen LogP contribution >= 0.6 is 0 Å². The highest BCUT2D eigenvalue weighted by Crippen LogP contribution is 2.22. The van der Waals surface area contributed by atoms with Gasteiger partial charge in [-0.25, -0.2) is 9.48 Å². The highest BCUT2D eigenvalue weighted by Gasteiger charge is 2.26. The Bertz CT molecular complexity index is 1040. The Morgan fingerprint density at radius 1 is 1.14 bits per heavy atom. The molecule has 0 saturated heterocycles. The van der Waals surface area contributed by atoms with Crippen LogP contribution in [-0.2, 0) is 16.6 Å². The second-order valence-corrected chi connectivity index (χ2v) is 6.53. The van der Waals surface area contributed by atoms with Crippen LogP contribution in [0.2, 0.25) is 0 Å². The first kappa shape index (κ1) is 20.1. The molecule has 0 fully saturated rings. The third-order valence-electron chi connectivity index (χ3n) is 4.52. The normalized spacial score (nSPS) is 11.8. The van der Waals surface area contributed by atoms with E-state index in [1.807, 2.05) is 37.3 Å². The van der Waals surface area contributed by atoms with Crippen molar-refractivity contribution in [2.75, 3.05) is 12.4 Å². The van der Waals surface area contributed by atoms with Gasteiger partial charge in [0.05, 0.1) is 36.1 Å². The molecule has 0 unspecified atom stereocenters. The lowest BCUT2D eigenvalue weighted by Gasteiger charge is -2.13. The molecule has 1 N–H and O–H groups in total. The van der Waals surface area contributed by atoms with Gasteiger partial charge in [-0.3, -0.25) is 9.48 Å². The van der Waals surface area contributed by atoms with Gasteiger partial charge in [-0.15, -0.1) is 0 Å². The first-order chi connectivity index (χ1) is 13.8. The van der Waals surface area contributed by atoms with Crippen molar-refractivity contribution in [1.82, 2.24) is 19.6 Å². The number of carbonyl (C=O) groups is 2. The number of methoxy groups -OCH3 is 1. The van der Waals surface area contributed by atoms with Gasteiger partial charge in [-0.2, -0.15) is 10.2 Å². The maximum atomic E-state index is 12.6. The van der Waals surface area contributed by atoms with Crippen LogP contribution in [0.4, 0.5) is 5.69 Å². The third-order valence-corrected chi connectivity index (χ3v) is 4.52. The van der Waals surface area contributed by atoms with Crippen LogP contribution in [0.5, 0.6) is 5.75 Å². The number of benzene rings is 1. The topological polar surface area (TPSA) is 100 Å². The van der Waals surface area contributed by atoms with Crippen molar-refractivity contribution in [2.45, 2.75) is 26.9 Å². The monoisotopic (exact) mass is 397 g/mol. The average Bonchev–Trinajstić information content (AvgIpc) is 3.25. The standard InChI is InChI=1S/C20H23N5O4/c1-12-17(13(2)24(4)22-12)21-19(26)14(3)29-20(27)18-16(28-5)11-25(23-18)15-9-7-6-8-10-15/h6-11,14H,1-5H3,(H,21,26)/t14-/m1/s1. The number of hydrogen-bond acceptors (Lipinski definition) is 6. The summed E-state index contributed by atoms with van der Waals surface area (Å²) in [6, 6.07) is 9.28. The minimum absolute atomic E-state index is 0.00950. The van der Waals surface area contributed by atoms with Crippen LogP contribution in [0.3, 0.4) is 0 Å². The van der Waals surface area contributed by atoms with Gasteiger partial charge in [0.15, 0.2) is 11.9 Å². The van der Waals surface area contributed by atoms with Gasteiger partial charge in [-0.1, -0.05) is 18.2 Å². The number of nitrogens with one attached hydrogen (secondary N) is 1. The lowest BCUT2D eigenvalue weighted by Crippen LogP contribution is -2.30. The molecule has 0 aliphatic rings. The SMILES string of the molecule is COc1cn(-c2ccccc2)nc1C(=O)O[C@H](C)C(=O)Nc1c(C)nn(C)c1C. The molecule has 0 spiro atoms. The summed E-state index contributed by atoms with van der Waals surface area (Å²) in [5, 5.41) is 11.3. The summed E-state index contributed by atoms with van der Waals surface area (Å²) in [4.78, 5) is 25.1. The summed E-state index contributed by atoms with van der Waals surface area (Å²) in [6.45, 7) is 5.13. The van der Waals surface area contributed by atoms with Crippen LogP contribution in [0.25, 0.3) is 5.69 Å². The zero-order chi connectivity index (χ0) is 21.1. The minimum atomic E-state index is -1.03. The van der Waals surface area contributed by atoms with Crippen LogP contribution in [0, 0.1) is 13.8 Å². The molecule has 0 bridgehead atoms. The van der Waals surface area contributed by atoms with Gasteiger partial charge in [-0.05, 0) is 32.9 Å². The molecule has 9 heteroatoms. The average molecular weight is 397 g/mol. The van der Waals surface area contributed by atoms with Gasteiger partial charge in [0.25, 0.3) is 5.91 Å². The summed E-state index contributed by atoms with van der Waals surface area (Å²) < 4.78 is 13.7. The van der Waals surface area contributed by atoms with Crippen LogP contribution in [0.1, 0.15) is 28.8 Å². The van der Waals surface area contributed by atoms with E-state index in [4.69, 9.17) is 9.47 Å². The number of aromatic nitrogens is 4. The molecule has 152 valence electrons. The van der Waals surface area contributed by atoms with Crippen molar-refractivity contribution in [2.24, 2.45) is 7.05 Å². The Morgan fingerprint density at radius 3 is 2.41 bits per heavy atom. The van der Waals surface area contributed by atoms with Crippen molar-refractivity contribution in [3.8, 4) is 11.4 Å². The maximum Gasteiger partial charge on any atom is 0.363 e. The Hall–Kier alpha value is -3.62. The molecule has 2 heterocycles. The van der Waals surface area contributed by atoms with E-state index in [1.54, 1.807) is 24.9 Å². The summed E-state index contributed by atoms with van der Waals surface area (Å²) in [7, 11) is 3.23. The highest BCUT2D eigenvalue weighted by molar-refractivity contribution is 5.98. The van der Waals surface area contributed by atoms with E-state index < -0.39 is 18.0 Å². The van der Waals surface area contributed by atoms with Crippen molar-refractivity contribution < 1.29 is 19.1 Å². The predicted octanol–water partition coefficient (Wildman–Crippen LogP) is 2.42. The van der Waals surface area contributed by atoms with E-state index in [-0.39, 0.29) is 11.4 Å². The number of ether oxygens (including phenoxy) is 2. The molecule has 3 rings (SSSR count). The summed E-state index contributed by atoms with van der Waals surface area (Å²) in [6.07, 6.45) is 0.548. The number of amides is 1. The predicted molar refractivity (Wildman–Crippen MR) is 106 cm³/mol. The first-order valence-corrected chi connectivity index (χ1v) is 9.03. The summed E-state index contributed by atoms with van der Waals surface area (Å²) in [5.41, 5.74) is 2.84. The molecule has 1 atom stereocenters. The Labute approximate surface area is 168 Å². The molecule has 2 aromatic heterocycles. The zero-order valence-corrected chi connectivity index (χ0v) is 17.0. The highest BCUT2D eigenvalue weighted by atomic mass is 16.6. The molecule has 0 aliphatic heterocycles. The minimum Gasteiger partial charge on any atom is -0.493 e. The zero-order valence-electron chi connectivity index (χ0n) is 17.0. The Kier molecular flexibility index (Phi) is 5.67. The molecule has 0 saturated carbocycles. The fourth-order valence-corrected chi connectivity index (χ4v) is 2.81. The van der Waals surface area contributed by atoms with Crippen molar-refractivity contribution in [1.29, 1.82) is 0 Å². The fraction of sp³-hybridized carbons (Fsp3) is 0.300. The lowest BCUT2D eigenvalue weighted by atomic mass is 10.3. The molecular weight excluding hydrogens is 374 g/mol. The fourth-order valence-electron chi connectivity index (χ4n) is 2.81. The smallest absolute Gasteiger partial charge is 0.363 e. The van der Waals surface area contributed by atoms with E-state index >= 15 is 0 Å². The van der Waals surface area contributed by atoms with Crippen molar-refractivity contribution in [3.63, 3.8) is 0 Å². The molecule has 1 amide bonds.